The molecule has 1 aromatic carbocycles. The van der Waals surface area contributed by atoms with Crippen LogP contribution in [0.15, 0.2) is 41.8 Å². The van der Waals surface area contributed by atoms with Crippen molar-refractivity contribution in [1.82, 2.24) is 15.5 Å². The van der Waals surface area contributed by atoms with Crippen molar-refractivity contribution in [3.8, 4) is 11.3 Å². The van der Waals surface area contributed by atoms with E-state index in [0.29, 0.717) is 0 Å². The Morgan fingerprint density at radius 1 is 1.35 bits per heavy atom. The van der Waals surface area contributed by atoms with Gasteiger partial charge in [0.1, 0.15) is 5.82 Å². The highest BCUT2D eigenvalue weighted by Gasteiger charge is 2.26. The zero-order valence-electron chi connectivity index (χ0n) is 14.3. The summed E-state index contributed by atoms with van der Waals surface area (Å²) in [5, 5.41) is 12.4. The minimum absolute atomic E-state index is 0.00150. The first-order chi connectivity index (χ1) is 12.6. The van der Waals surface area contributed by atoms with Gasteiger partial charge in [0.15, 0.2) is 5.82 Å². The standard InChI is InChI=1S/C19H19FN4OS/c1-12-7-9-26-18(12)19(25)21-15-6-8-24(11-15)17-10-16(22-23-17)13-2-4-14(20)5-3-13/h2-5,7,9-10,15H,6,8,11H2,1H3,(H,21,25)(H,22,23)/t15-/m0/s1. The molecule has 3 heterocycles. The first-order valence-corrected chi connectivity index (χ1v) is 9.39. The summed E-state index contributed by atoms with van der Waals surface area (Å²) in [5.41, 5.74) is 2.75. The second-order valence-electron chi connectivity index (χ2n) is 6.48. The average molecular weight is 370 g/mol. The van der Waals surface area contributed by atoms with E-state index in [0.717, 1.165) is 47.0 Å². The number of aromatic amines is 1. The number of aryl methyl sites for hydroxylation is 1. The van der Waals surface area contributed by atoms with Crippen LogP contribution < -0.4 is 10.2 Å². The van der Waals surface area contributed by atoms with Crippen LogP contribution >= 0.6 is 11.3 Å². The van der Waals surface area contributed by atoms with Crippen molar-refractivity contribution in [2.75, 3.05) is 18.0 Å². The van der Waals surface area contributed by atoms with Gasteiger partial charge >= 0.3 is 0 Å². The van der Waals surface area contributed by atoms with Crippen molar-refractivity contribution in [3.05, 3.63) is 58.0 Å². The Balaban J connectivity index is 1.40. The van der Waals surface area contributed by atoms with Crippen LogP contribution in [0.3, 0.4) is 0 Å². The SMILES string of the molecule is Cc1ccsc1C(=O)N[C@H]1CCN(c2cc(-c3ccc(F)cc3)[nH]n2)C1. The second-order valence-corrected chi connectivity index (χ2v) is 7.40. The number of aromatic nitrogens is 2. The number of benzene rings is 1. The quantitative estimate of drug-likeness (QED) is 0.738. The lowest BCUT2D eigenvalue weighted by Crippen LogP contribution is -2.37. The molecule has 1 aliphatic heterocycles. The third-order valence-electron chi connectivity index (χ3n) is 4.64. The highest BCUT2D eigenvalue weighted by molar-refractivity contribution is 7.12. The summed E-state index contributed by atoms with van der Waals surface area (Å²) in [5.74, 6) is 0.583. The predicted octanol–water partition coefficient (Wildman–Crippen LogP) is 3.59. The molecule has 1 amide bonds. The number of hydrogen-bond acceptors (Lipinski definition) is 4. The number of halogens is 1. The van der Waals surface area contributed by atoms with E-state index >= 15 is 0 Å². The molecular weight excluding hydrogens is 351 g/mol. The van der Waals surface area contributed by atoms with E-state index in [-0.39, 0.29) is 17.8 Å². The molecule has 0 saturated carbocycles. The number of carbonyl (C=O) groups is 1. The minimum atomic E-state index is -0.257. The van der Waals surface area contributed by atoms with Crippen LogP contribution in [0.25, 0.3) is 11.3 Å². The number of nitrogens with one attached hydrogen (secondary N) is 2. The molecule has 0 unspecified atom stereocenters. The lowest BCUT2D eigenvalue weighted by Gasteiger charge is -2.16. The Kier molecular flexibility index (Phi) is 4.46. The maximum Gasteiger partial charge on any atom is 0.261 e. The van der Waals surface area contributed by atoms with Gasteiger partial charge in [-0.25, -0.2) is 4.39 Å². The van der Waals surface area contributed by atoms with Crippen LogP contribution in [-0.2, 0) is 0 Å². The molecule has 3 aromatic rings. The molecule has 0 spiro atoms. The fourth-order valence-corrected chi connectivity index (χ4v) is 4.02. The van der Waals surface area contributed by atoms with Gasteiger partial charge in [-0.15, -0.1) is 11.3 Å². The number of hydrogen-bond donors (Lipinski definition) is 2. The van der Waals surface area contributed by atoms with Crippen molar-refractivity contribution in [2.24, 2.45) is 0 Å². The highest BCUT2D eigenvalue weighted by Crippen LogP contribution is 2.25. The monoisotopic (exact) mass is 370 g/mol. The van der Waals surface area contributed by atoms with Crippen LogP contribution in [0.2, 0.25) is 0 Å². The Morgan fingerprint density at radius 3 is 2.88 bits per heavy atom. The van der Waals surface area contributed by atoms with E-state index in [1.165, 1.54) is 23.5 Å². The van der Waals surface area contributed by atoms with Crippen molar-refractivity contribution >= 4 is 23.1 Å². The molecule has 7 heteroatoms. The Morgan fingerprint density at radius 2 is 2.15 bits per heavy atom. The van der Waals surface area contributed by atoms with Gasteiger partial charge in [-0.1, -0.05) is 0 Å². The first-order valence-electron chi connectivity index (χ1n) is 8.51. The lowest BCUT2D eigenvalue weighted by atomic mass is 10.1. The predicted molar refractivity (Wildman–Crippen MR) is 101 cm³/mol. The van der Waals surface area contributed by atoms with Crippen LogP contribution in [0.1, 0.15) is 21.7 Å². The number of thiophene rings is 1. The molecule has 1 saturated heterocycles. The van der Waals surface area contributed by atoms with Crippen LogP contribution in [-0.4, -0.2) is 35.2 Å². The van der Waals surface area contributed by atoms with Crippen LogP contribution in [0.5, 0.6) is 0 Å². The maximum atomic E-state index is 13.1. The number of carbonyl (C=O) groups excluding carboxylic acids is 1. The summed E-state index contributed by atoms with van der Waals surface area (Å²) in [6, 6.07) is 10.3. The number of H-pyrrole nitrogens is 1. The third kappa shape index (κ3) is 3.35. The van der Waals surface area contributed by atoms with Gasteiger partial charge in [0.2, 0.25) is 0 Å². The van der Waals surface area contributed by atoms with Crippen molar-refractivity contribution < 1.29 is 9.18 Å². The summed E-state index contributed by atoms with van der Waals surface area (Å²) in [7, 11) is 0. The summed E-state index contributed by atoms with van der Waals surface area (Å²) in [6.45, 7) is 3.51. The number of anilines is 1. The number of rotatable bonds is 4. The minimum Gasteiger partial charge on any atom is -0.353 e. The number of nitrogens with zero attached hydrogens (tertiary/aromatic N) is 2. The van der Waals surface area contributed by atoms with Gasteiger partial charge in [-0.2, -0.15) is 5.10 Å². The lowest BCUT2D eigenvalue weighted by molar-refractivity contribution is 0.0944. The van der Waals surface area contributed by atoms with Gasteiger partial charge in [-0.3, -0.25) is 9.89 Å². The topological polar surface area (TPSA) is 61.0 Å². The van der Waals surface area contributed by atoms with E-state index in [9.17, 15) is 9.18 Å². The molecular formula is C19H19FN4OS. The van der Waals surface area contributed by atoms with Crippen LogP contribution in [0, 0.1) is 12.7 Å². The maximum absolute atomic E-state index is 13.1. The van der Waals surface area contributed by atoms with Gasteiger partial charge in [0.05, 0.1) is 10.6 Å². The molecule has 2 aromatic heterocycles. The van der Waals surface area contributed by atoms with Crippen molar-refractivity contribution in [2.45, 2.75) is 19.4 Å². The molecule has 5 nitrogen and oxygen atoms in total. The zero-order valence-corrected chi connectivity index (χ0v) is 15.1. The van der Waals surface area contributed by atoms with E-state index < -0.39 is 0 Å². The Labute approximate surface area is 154 Å². The summed E-state index contributed by atoms with van der Waals surface area (Å²) < 4.78 is 13.1. The van der Waals surface area contributed by atoms with E-state index in [2.05, 4.69) is 20.4 Å². The Bertz CT molecular complexity index is 918. The fourth-order valence-electron chi connectivity index (χ4n) is 3.19. The highest BCUT2D eigenvalue weighted by atomic mass is 32.1. The molecule has 134 valence electrons. The molecule has 2 N–H and O–H groups in total. The summed E-state index contributed by atoms with van der Waals surface area (Å²) in [4.78, 5) is 15.3. The Hall–Kier alpha value is -2.67. The third-order valence-corrected chi connectivity index (χ3v) is 5.65. The normalized spacial score (nSPS) is 16.8. The molecule has 0 radical (unpaired) electrons. The molecule has 4 rings (SSSR count). The van der Waals surface area contributed by atoms with Crippen molar-refractivity contribution in [1.29, 1.82) is 0 Å². The average Bonchev–Trinajstić information content (AvgIpc) is 3.35. The first kappa shape index (κ1) is 16.8. The van der Waals surface area contributed by atoms with E-state index in [4.69, 9.17) is 0 Å². The van der Waals surface area contributed by atoms with Gasteiger partial charge in [-0.05, 0) is 60.2 Å². The summed E-state index contributed by atoms with van der Waals surface area (Å²) in [6.07, 6.45) is 0.884. The van der Waals surface area contributed by atoms with Gasteiger partial charge in [0.25, 0.3) is 5.91 Å². The zero-order chi connectivity index (χ0) is 18.1. The fraction of sp³-hybridized carbons (Fsp3) is 0.263. The molecule has 1 atom stereocenters. The largest absolute Gasteiger partial charge is 0.353 e. The molecule has 0 bridgehead atoms. The molecule has 1 aliphatic rings. The van der Waals surface area contributed by atoms with E-state index in [1.54, 1.807) is 12.1 Å². The van der Waals surface area contributed by atoms with Crippen molar-refractivity contribution in [3.63, 3.8) is 0 Å². The smallest absolute Gasteiger partial charge is 0.261 e. The van der Waals surface area contributed by atoms with Gasteiger partial charge < -0.3 is 10.2 Å². The van der Waals surface area contributed by atoms with E-state index in [1.807, 2.05) is 24.4 Å². The summed E-state index contributed by atoms with van der Waals surface area (Å²) >= 11 is 1.47. The molecule has 26 heavy (non-hydrogen) atoms. The molecule has 0 aliphatic carbocycles. The number of amides is 1. The van der Waals surface area contributed by atoms with Crippen LogP contribution in [0.4, 0.5) is 10.2 Å². The molecule has 1 fully saturated rings. The van der Waals surface area contributed by atoms with Gasteiger partial charge in [0, 0.05) is 25.2 Å². The second kappa shape index (κ2) is 6.92.